The Kier molecular flexibility index (Phi) is 9.94. The molecule has 0 atom stereocenters. The molecule has 2 aromatic carbocycles. The van der Waals surface area contributed by atoms with Crippen LogP contribution in [-0.4, -0.2) is 29.7 Å². The second-order valence-corrected chi connectivity index (χ2v) is 19.2. The van der Waals surface area contributed by atoms with Gasteiger partial charge in [-0.15, -0.1) is 0 Å². The minimum absolute atomic E-state index is 0.276. The summed E-state index contributed by atoms with van der Waals surface area (Å²) in [6.45, 7) is 15.0. The van der Waals surface area contributed by atoms with Crippen LogP contribution in [-0.2, 0) is 21.8 Å². The standard InChI is InChI=1S/C27H42O4Si2/c1-21-19-24(13-15-26(21)29-4)11-9-17-32(5,6)31-33(7,8)18-10-12-25-14-16-27(22(2)20-25)30-23(3)28/h13-16,19-20H,9-12,17-18H2,1-8H3. The number of carbonyl (C=O) groups excluding carboxylic acids is 1. The first-order valence-electron chi connectivity index (χ1n) is 12.0. The number of methoxy groups -OCH3 is 1. The van der Waals surface area contributed by atoms with Crippen molar-refractivity contribution >= 4 is 22.6 Å². The van der Waals surface area contributed by atoms with Crippen molar-refractivity contribution < 1.29 is 18.4 Å². The third-order valence-corrected chi connectivity index (χ3v) is 13.5. The normalized spacial score (nSPS) is 12.0. The Morgan fingerprint density at radius 1 is 0.788 bits per heavy atom. The van der Waals surface area contributed by atoms with E-state index in [2.05, 4.69) is 63.4 Å². The Morgan fingerprint density at radius 2 is 1.24 bits per heavy atom. The summed E-state index contributed by atoms with van der Waals surface area (Å²) in [5, 5.41) is 0. The summed E-state index contributed by atoms with van der Waals surface area (Å²) in [6.07, 6.45) is 4.42. The molecule has 0 bridgehead atoms. The van der Waals surface area contributed by atoms with Crippen LogP contribution in [0.5, 0.6) is 11.5 Å². The Labute approximate surface area is 202 Å². The number of aryl methyl sites for hydroxylation is 4. The number of hydrogen-bond acceptors (Lipinski definition) is 4. The first-order valence-corrected chi connectivity index (χ1v) is 18.3. The lowest BCUT2D eigenvalue weighted by molar-refractivity contribution is -0.131. The molecule has 182 valence electrons. The highest BCUT2D eigenvalue weighted by atomic mass is 28.4. The number of hydrogen-bond donors (Lipinski definition) is 0. The molecule has 0 aliphatic rings. The van der Waals surface area contributed by atoms with Gasteiger partial charge in [0, 0.05) is 6.92 Å². The first kappa shape index (κ1) is 27.3. The van der Waals surface area contributed by atoms with Crippen LogP contribution in [0.1, 0.15) is 42.0 Å². The summed E-state index contributed by atoms with van der Waals surface area (Å²) in [6, 6.07) is 15.0. The third kappa shape index (κ3) is 9.47. The zero-order chi connectivity index (χ0) is 24.6. The maximum Gasteiger partial charge on any atom is 0.308 e. The van der Waals surface area contributed by atoms with Crippen LogP contribution >= 0.6 is 0 Å². The van der Waals surface area contributed by atoms with Gasteiger partial charge in [-0.25, -0.2) is 0 Å². The van der Waals surface area contributed by atoms with E-state index in [1.807, 2.05) is 13.0 Å². The van der Waals surface area contributed by atoms with Crippen LogP contribution in [0.3, 0.4) is 0 Å². The zero-order valence-electron chi connectivity index (χ0n) is 21.8. The van der Waals surface area contributed by atoms with Crippen LogP contribution in [0, 0.1) is 13.8 Å². The van der Waals surface area contributed by atoms with Crippen molar-refractivity contribution in [1.82, 2.24) is 0 Å². The van der Waals surface area contributed by atoms with E-state index in [0.29, 0.717) is 5.75 Å². The Morgan fingerprint density at radius 3 is 1.64 bits per heavy atom. The van der Waals surface area contributed by atoms with Crippen molar-refractivity contribution in [1.29, 1.82) is 0 Å². The van der Waals surface area contributed by atoms with Crippen molar-refractivity contribution in [2.75, 3.05) is 7.11 Å². The van der Waals surface area contributed by atoms with Gasteiger partial charge in [-0.2, -0.15) is 0 Å². The zero-order valence-corrected chi connectivity index (χ0v) is 23.8. The molecular formula is C27H42O4Si2. The Hall–Kier alpha value is -1.90. The minimum atomic E-state index is -1.71. The summed E-state index contributed by atoms with van der Waals surface area (Å²) in [4.78, 5) is 11.2. The molecule has 0 spiro atoms. The fraction of sp³-hybridized carbons (Fsp3) is 0.519. The second-order valence-electron chi connectivity index (χ2n) is 10.3. The quantitative estimate of drug-likeness (QED) is 0.180. The minimum Gasteiger partial charge on any atom is -0.496 e. The molecule has 2 rings (SSSR count). The molecule has 0 aliphatic carbocycles. The number of benzene rings is 2. The third-order valence-electron chi connectivity index (χ3n) is 5.99. The van der Waals surface area contributed by atoms with Gasteiger partial charge >= 0.3 is 5.97 Å². The van der Waals surface area contributed by atoms with E-state index in [1.54, 1.807) is 7.11 Å². The molecule has 0 aromatic heterocycles. The van der Waals surface area contributed by atoms with E-state index in [4.69, 9.17) is 13.6 Å². The fourth-order valence-electron chi connectivity index (χ4n) is 4.52. The molecule has 0 saturated heterocycles. The van der Waals surface area contributed by atoms with E-state index < -0.39 is 16.6 Å². The van der Waals surface area contributed by atoms with Gasteiger partial charge in [-0.3, -0.25) is 4.79 Å². The Bertz CT molecular complexity index is 938. The summed E-state index contributed by atoms with van der Waals surface area (Å²) >= 11 is 0. The van der Waals surface area contributed by atoms with Gasteiger partial charge < -0.3 is 13.6 Å². The van der Waals surface area contributed by atoms with Crippen LogP contribution in [0.25, 0.3) is 0 Å². The smallest absolute Gasteiger partial charge is 0.308 e. The van der Waals surface area contributed by atoms with Gasteiger partial charge in [0.1, 0.15) is 11.5 Å². The number of esters is 1. The molecule has 0 fully saturated rings. The van der Waals surface area contributed by atoms with E-state index in [0.717, 1.165) is 36.6 Å². The van der Waals surface area contributed by atoms with E-state index in [1.165, 1.54) is 36.1 Å². The lowest BCUT2D eigenvalue weighted by Crippen LogP contribution is -2.44. The maximum atomic E-state index is 11.2. The molecular weight excluding hydrogens is 444 g/mol. The average Bonchev–Trinajstić information content (AvgIpc) is 2.68. The Balaban J connectivity index is 1.80. The van der Waals surface area contributed by atoms with Crippen molar-refractivity contribution in [3.8, 4) is 11.5 Å². The summed E-state index contributed by atoms with van der Waals surface area (Å²) in [5.41, 5.74) is 4.88. The molecule has 6 heteroatoms. The molecule has 4 nitrogen and oxygen atoms in total. The average molecular weight is 487 g/mol. The van der Waals surface area contributed by atoms with Gasteiger partial charge in [0.15, 0.2) is 16.6 Å². The number of rotatable bonds is 12. The first-order chi connectivity index (χ1) is 15.4. The molecule has 2 aromatic rings. The molecule has 33 heavy (non-hydrogen) atoms. The highest BCUT2D eigenvalue weighted by Gasteiger charge is 2.32. The van der Waals surface area contributed by atoms with Crippen molar-refractivity contribution in [3.05, 3.63) is 58.7 Å². The van der Waals surface area contributed by atoms with Gasteiger partial charge in [0.2, 0.25) is 0 Å². The predicted molar refractivity (Wildman–Crippen MR) is 143 cm³/mol. The van der Waals surface area contributed by atoms with E-state index in [-0.39, 0.29) is 5.97 Å². The van der Waals surface area contributed by atoms with Crippen molar-refractivity contribution in [2.45, 2.75) is 84.7 Å². The molecule has 0 N–H and O–H groups in total. The van der Waals surface area contributed by atoms with Gasteiger partial charge in [-0.05, 0) is 112 Å². The molecule has 0 amide bonds. The maximum absolute atomic E-state index is 11.2. The van der Waals surface area contributed by atoms with E-state index in [9.17, 15) is 4.79 Å². The molecule has 0 saturated carbocycles. The van der Waals surface area contributed by atoms with Gasteiger partial charge in [-0.1, -0.05) is 24.3 Å². The largest absolute Gasteiger partial charge is 0.496 e. The van der Waals surface area contributed by atoms with Gasteiger partial charge in [0.05, 0.1) is 7.11 Å². The monoisotopic (exact) mass is 486 g/mol. The summed E-state index contributed by atoms with van der Waals surface area (Å²) in [5.74, 6) is 1.34. The highest BCUT2D eigenvalue weighted by Crippen LogP contribution is 2.27. The summed E-state index contributed by atoms with van der Waals surface area (Å²) < 4.78 is 17.5. The molecule has 0 radical (unpaired) electrons. The highest BCUT2D eigenvalue weighted by molar-refractivity contribution is 6.84. The van der Waals surface area contributed by atoms with Crippen LogP contribution < -0.4 is 9.47 Å². The SMILES string of the molecule is COc1ccc(CCC[Si](C)(C)O[Si](C)(C)CCCc2ccc(OC(C)=O)c(C)c2)cc1C. The summed E-state index contributed by atoms with van der Waals surface area (Å²) in [7, 11) is -1.69. The van der Waals surface area contributed by atoms with Crippen LogP contribution in [0.2, 0.25) is 38.3 Å². The van der Waals surface area contributed by atoms with Crippen molar-refractivity contribution in [2.24, 2.45) is 0 Å². The lowest BCUT2D eigenvalue weighted by Gasteiger charge is -2.34. The molecule has 0 aliphatic heterocycles. The van der Waals surface area contributed by atoms with E-state index >= 15 is 0 Å². The number of carbonyl (C=O) groups is 1. The fourth-order valence-corrected chi connectivity index (χ4v) is 13.4. The van der Waals surface area contributed by atoms with Gasteiger partial charge in [0.25, 0.3) is 0 Å². The topological polar surface area (TPSA) is 44.8 Å². The predicted octanol–water partition coefficient (Wildman–Crippen LogP) is 7.23. The lowest BCUT2D eigenvalue weighted by atomic mass is 10.1. The molecule has 0 unspecified atom stereocenters. The van der Waals surface area contributed by atoms with Crippen LogP contribution in [0.4, 0.5) is 0 Å². The second kappa shape index (κ2) is 12.0. The van der Waals surface area contributed by atoms with Crippen molar-refractivity contribution in [3.63, 3.8) is 0 Å². The van der Waals surface area contributed by atoms with Crippen LogP contribution in [0.15, 0.2) is 36.4 Å². The number of ether oxygens (including phenoxy) is 2. The molecule has 0 heterocycles.